The van der Waals surface area contributed by atoms with Crippen molar-refractivity contribution in [2.24, 2.45) is 0 Å². The van der Waals surface area contributed by atoms with Gasteiger partial charge in [-0.3, -0.25) is 0 Å². The summed E-state index contributed by atoms with van der Waals surface area (Å²) >= 11 is 5.85. The number of ether oxygens (including phenoxy) is 1. The van der Waals surface area contributed by atoms with E-state index in [-0.39, 0.29) is 12.4 Å². The second-order valence-electron chi connectivity index (χ2n) is 3.85. The Bertz CT molecular complexity index is 585. The molecule has 0 saturated heterocycles. The lowest BCUT2D eigenvalue weighted by atomic mass is 10.1. The van der Waals surface area contributed by atoms with Gasteiger partial charge < -0.3 is 9.84 Å². The zero-order chi connectivity index (χ0) is 13.8. The fourth-order valence-electron chi connectivity index (χ4n) is 1.56. The summed E-state index contributed by atoms with van der Waals surface area (Å²) in [6, 6.07) is 6.91. The molecule has 0 bridgehead atoms. The third-order valence-electron chi connectivity index (χ3n) is 2.50. The van der Waals surface area contributed by atoms with Gasteiger partial charge in [-0.15, -0.1) is 5.10 Å². The van der Waals surface area contributed by atoms with E-state index >= 15 is 0 Å². The Morgan fingerprint density at radius 3 is 3.05 bits per heavy atom. The number of methoxy groups -OCH3 is 1. The van der Waals surface area contributed by atoms with E-state index in [1.165, 1.54) is 18.1 Å². The third kappa shape index (κ3) is 3.30. The number of esters is 1. The van der Waals surface area contributed by atoms with Crippen LogP contribution in [0, 0.1) is 0 Å². The van der Waals surface area contributed by atoms with Crippen LogP contribution in [0.4, 0.5) is 0 Å². The number of hydrogen-bond donors (Lipinski definition) is 1. The van der Waals surface area contributed by atoms with Gasteiger partial charge in [-0.25, -0.2) is 14.5 Å². The normalized spacial score (nSPS) is 12.2. The second kappa shape index (κ2) is 5.81. The Morgan fingerprint density at radius 2 is 2.37 bits per heavy atom. The molecule has 0 aliphatic heterocycles. The lowest BCUT2D eigenvalue weighted by molar-refractivity contribution is 0.0585. The Hall–Kier alpha value is -1.92. The predicted molar refractivity (Wildman–Crippen MR) is 67.8 cm³/mol. The summed E-state index contributed by atoms with van der Waals surface area (Å²) in [5, 5.41) is 14.5. The summed E-state index contributed by atoms with van der Waals surface area (Å²) < 4.78 is 5.87. The van der Waals surface area contributed by atoms with Crippen LogP contribution in [0.25, 0.3) is 0 Å². The van der Waals surface area contributed by atoms with Crippen molar-refractivity contribution in [1.29, 1.82) is 0 Å². The van der Waals surface area contributed by atoms with E-state index in [0.717, 1.165) is 0 Å². The minimum atomic E-state index is -0.786. The van der Waals surface area contributed by atoms with Gasteiger partial charge in [0.05, 0.1) is 19.8 Å². The first kappa shape index (κ1) is 13.5. The van der Waals surface area contributed by atoms with Crippen LogP contribution in [0.1, 0.15) is 22.3 Å². The first-order valence-corrected chi connectivity index (χ1v) is 5.89. The fraction of sp³-hybridized carbons (Fsp3) is 0.250. The van der Waals surface area contributed by atoms with Gasteiger partial charge in [-0.1, -0.05) is 23.7 Å². The van der Waals surface area contributed by atoms with Crippen LogP contribution in [0.3, 0.4) is 0 Å². The highest BCUT2D eigenvalue weighted by Gasteiger charge is 2.14. The van der Waals surface area contributed by atoms with Gasteiger partial charge in [0.15, 0.2) is 0 Å². The Kier molecular flexibility index (Phi) is 4.13. The molecule has 0 radical (unpaired) electrons. The van der Waals surface area contributed by atoms with E-state index in [9.17, 15) is 9.90 Å². The molecule has 19 heavy (non-hydrogen) atoms. The Morgan fingerprint density at radius 1 is 1.58 bits per heavy atom. The van der Waals surface area contributed by atoms with Gasteiger partial charge in [-0.05, 0) is 17.7 Å². The molecule has 6 nitrogen and oxygen atoms in total. The fourth-order valence-corrected chi connectivity index (χ4v) is 1.76. The Balaban J connectivity index is 2.08. The average Bonchev–Trinajstić information content (AvgIpc) is 2.86. The summed E-state index contributed by atoms with van der Waals surface area (Å²) in [5.74, 6) is -0.656. The molecule has 1 N–H and O–H groups in total. The smallest absolute Gasteiger partial charge is 0.377 e. The molecule has 2 rings (SSSR count). The number of aliphatic hydroxyl groups excluding tert-OH is 1. The maximum absolute atomic E-state index is 11.2. The maximum atomic E-state index is 11.2. The molecule has 0 saturated carbocycles. The molecule has 0 spiro atoms. The largest absolute Gasteiger partial charge is 0.463 e. The predicted octanol–water partition coefficient (Wildman–Crippen LogP) is 1.45. The highest BCUT2D eigenvalue weighted by Crippen LogP contribution is 2.18. The van der Waals surface area contributed by atoms with Crippen molar-refractivity contribution in [2.75, 3.05) is 7.11 Å². The van der Waals surface area contributed by atoms with Crippen molar-refractivity contribution in [3.63, 3.8) is 0 Å². The first-order valence-electron chi connectivity index (χ1n) is 5.51. The van der Waals surface area contributed by atoms with E-state index < -0.39 is 12.1 Å². The summed E-state index contributed by atoms with van der Waals surface area (Å²) in [4.78, 5) is 15.0. The minimum absolute atomic E-state index is 0.0409. The first-order chi connectivity index (χ1) is 9.10. The van der Waals surface area contributed by atoms with Crippen LogP contribution in [0.2, 0.25) is 5.02 Å². The maximum Gasteiger partial charge on any atom is 0.377 e. The number of aromatic nitrogens is 3. The molecule has 1 aromatic heterocycles. The zero-order valence-corrected chi connectivity index (χ0v) is 10.9. The molecule has 2 aromatic rings. The van der Waals surface area contributed by atoms with Crippen LogP contribution in [-0.4, -0.2) is 33.0 Å². The second-order valence-corrected chi connectivity index (χ2v) is 4.29. The molecule has 0 aliphatic carbocycles. The molecule has 1 atom stereocenters. The lowest BCUT2D eigenvalue weighted by Crippen LogP contribution is -2.11. The Labute approximate surface area is 114 Å². The van der Waals surface area contributed by atoms with E-state index in [0.29, 0.717) is 10.6 Å². The van der Waals surface area contributed by atoms with Gasteiger partial charge in [-0.2, -0.15) is 0 Å². The zero-order valence-electron chi connectivity index (χ0n) is 10.2. The van der Waals surface area contributed by atoms with E-state index in [1.807, 2.05) is 0 Å². The number of carbonyl (C=O) groups excluding carboxylic acids is 1. The number of aliphatic hydroxyl groups is 1. The highest BCUT2D eigenvalue weighted by atomic mass is 35.5. The van der Waals surface area contributed by atoms with Crippen LogP contribution < -0.4 is 0 Å². The molecule has 0 fully saturated rings. The highest BCUT2D eigenvalue weighted by molar-refractivity contribution is 6.30. The van der Waals surface area contributed by atoms with Crippen LogP contribution in [0.5, 0.6) is 0 Å². The molecular formula is C12H12ClN3O3. The SMILES string of the molecule is COC(=O)c1ncn(C[C@@H](O)c2cccc(Cl)c2)n1. The van der Waals surface area contributed by atoms with Crippen molar-refractivity contribution in [1.82, 2.24) is 14.8 Å². The molecule has 7 heteroatoms. The number of benzene rings is 1. The van der Waals surface area contributed by atoms with Gasteiger partial charge in [0, 0.05) is 5.02 Å². The molecule has 1 heterocycles. The molecule has 100 valence electrons. The van der Waals surface area contributed by atoms with E-state index in [1.54, 1.807) is 24.3 Å². The summed E-state index contributed by atoms with van der Waals surface area (Å²) in [7, 11) is 1.25. The van der Waals surface area contributed by atoms with Crippen LogP contribution in [0.15, 0.2) is 30.6 Å². The summed E-state index contributed by atoms with van der Waals surface area (Å²) in [5.41, 5.74) is 0.669. The van der Waals surface area contributed by atoms with Crippen molar-refractivity contribution in [2.45, 2.75) is 12.6 Å². The van der Waals surface area contributed by atoms with Crippen LogP contribution >= 0.6 is 11.6 Å². The lowest BCUT2D eigenvalue weighted by Gasteiger charge is -2.10. The van der Waals surface area contributed by atoms with Gasteiger partial charge in [0.25, 0.3) is 5.82 Å². The van der Waals surface area contributed by atoms with E-state index in [2.05, 4.69) is 14.8 Å². The third-order valence-corrected chi connectivity index (χ3v) is 2.73. The van der Waals surface area contributed by atoms with Crippen LogP contribution in [-0.2, 0) is 11.3 Å². The molecule has 1 aromatic carbocycles. The van der Waals surface area contributed by atoms with Crippen molar-refractivity contribution in [3.05, 3.63) is 47.0 Å². The van der Waals surface area contributed by atoms with Gasteiger partial charge in [0.1, 0.15) is 6.33 Å². The standard InChI is InChI=1S/C12H12ClN3O3/c1-19-12(18)11-14-7-16(15-11)6-10(17)8-3-2-4-9(13)5-8/h2-5,7,10,17H,6H2,1H3/t10-/m1/s1. The van der Waals surface area contributed by atoms with Crippen molar-refractivity contribution < 1.29 is 14.6 Å². The van der Waals surface area contributed by atoms with E-state index in [4.69, 9.17) is 11.6 Å². The summed E-state index contributed by atoms with van der Waals surface area (Å²) in [6.45, 7) is 0.171. The van der Waals surface area contributed by atoms with Gasteiger partial charge >= 0.3 is 5.97 Å². The topological polar surface area (TPSA) is 77.2 Å². The number of halogens is 1. The number of rotatable bonds is 4. The van der Waals surface area contributed by atoms with Gasteiger partial charge in [0.2, 0.25) is 0 Å². The number of nitrogens with zero attached hydrogens (tertiary/aromatic N) is 3. The summed E-state index contributed by atoms with van der Waals surface area (Å²) in [6.07, 6.45) is 0.575. The van der Waals surface area contributed by atoms with Crippen molar-refractivity contribution in [3.8, 4) is 0 Å². The molecule has 0 amide bonds. The number of carbonyl (C=O) groups is 1. The molecule has 0 unspecified atom stereocenters. The molecular weight excluding hydrogens is 270 g/mol. The monoisotopic (exact) mass is 281 g/mol. The average molecular weight is 282 g/mol. The quantitative estimate of drug-likeness (QED) is 0.858. The molecule has 0 aliphatic rings. The minimum Gasteiger partial charge on any atom is -0.463 e. The number of hydrogen-bond acceptors (Lipinski definition) is 5. The van der Waals surface area contributed by atoms with Crippen molar-refractivity contribution >= 4 is 17.6 Å².